The molecule has 0 saturated heterocycles. The number of nitrogens with one attached hydrogen (secondary N) is 1. The topological polar surface area (TPSA) is 59.4 Å². The average Bonchev–Trinajstić information content (AvgIpc) is 2.80. The molecule has 2 aromatic heterocycles. The van der Waals surface area contributed by atoms with E-state index in [4.69, 9.17) is 12.2 Å². The first-order valence-corrected chi connectivity index (χ1v) is 6.46. The van der Waals surface area contributed by atoms with Crippen molar-refractivity contribution in [2.75, 3.05) is 0 Å². The lowest BCUT2D eigenvalue weighted by molar-refractivity contribution is 0.597. The van der Waals surface area contributed by atoms with E-state index in [0.717, 1.165) is 22.4 Å². The summed E-state index contributed by atoms with van der Waals surface area (Å²) in [7, 11) is 0. The first-order chi connectivity index (χ1) is 9.18. The van der Waals surface area contributed by atoms with Crippen LogP contribution in [0.2, 0.25) is 0 Å². The Morgan fingerprint density at radius 2 is 2.00 bits per heavy atom. The van der Waals surface area contributed by atoms with Gasteiger partial charge in [0.1, 0.15) is 0 Å². The Balaban J connectivity index is 2.34. The zero-order valence-electron chi connectivity index (χ0n) is 10.7. The number of benzene rings is 1. The minimum absolute atomic E-state index is 0.230. The second-order valence-electron chi connectivity index (χ2n) is 4.55. The standard InChI is InChI=1S/C13H13N5S/c1-8(2)18-12(16-17-13(18)19)9-4-3-5-10-11(9)15-7-6-14-10/h3-8H,1-2H3,(H,17,19). The molecule has 96 valence electrons. The van der Waals surface area contributed by atoms with Crippen LogP contribution in [0.15, 0.2) is 30.6 Å². The molecule has 0 bridgehead atoms. The second kappa shape index (κ2) is 4.55. The quantitative estimate of drug-likeness (QED) is 0.727. The lowest BCUT2D eigenvalue weighted by Gasteiger charge is -2.11. The Labute approximate surface area is 115 Å². The number of H-pyrrole nitrogens is 1. The van der Waals surface area contributed by atoms with E-state index in [9.17, 15) is 0 Å². The summed E-state index contributed by atoms with van der Waals surface area (Å²) in [6, 6.07) is 6.11. The molecule has 1 aromatic carbocycles. The van der Waals surface area contributed by atoms with E-state index in [0.29, 0.717) is 4.77 Å². The molecule has 0 aliphatic carbocycles. The molecule has 0 atom stereocenters. The predicted molar refractivity (Wildman–Crippen MR) is 76.3 cm³/mol. The molecule has 2 heterocycles. The highest BCUT2D eigenvalue weighted by molar-refractivity contribution is 7.71. The SMILES string of the molecule is CC(C)n1c(-c2cccc3nccnc23)n[nH]c1=S. The van der Waals surface area contributed by atoms with Crippen LogP contribution in [0.1, 0.15) is 19.9 Å². The molecule has 6 heteroatoms. The Bertz CT molecular complexity index is 782. The summed E-state index contributed by atoms with van der Waals surface area (Å²) in [6.07, 6.45) is 3.37. The summed E-state index contributed by atoms with van der Waals surface area (Å²) in [5.41, 5.74) is 2.62. The molecule has 0 unspecified atom stereocenters. The molecular weight excluding hydrogens is 258 g/mol. The first kappa shape index (κ1) is 12.0. The van der Waals surface area contributed by atoms with Gasteiger partial charge in [0.2, 0.25) is 0 Å². The van der Waals surface area contributed by atoms with E-state index < -0.39 is 0 Å². The zero-order chi connectivity index (χ0) is 13.4. The van der Waals surface area contributed by atoms with E-state index in [-0.39, 0.29) is 6.04 Å². The minimum Gasteiger partial charge on any atom is -0.298 e. The van der Waals surface area contributed by atoms with Gasteiger partial charge in [-0.05, 0) is 38.2 Å². The lowest BCUT2D eigenvalue weighted by Crippen LogP contribution is -2.04. The van der Waals surface area contributed by atoms with Crippen molar-refractivity contribution in [2.45, 2.75) is 19.9 Å². The maximum atomic E-state index is 5.28. The monoisotopic (exact) mass is 271 g/mol. The molecule has 0 aliphatic heterocycles. The summed E-state index contributed by atoms with van der Waals surface area (Å²) in [6.45, 7) is 4.15. The summed E-state index contributed by atoms with van der Waals surface area (Å²) < 4.78 is 2.60. The third-order valence-electron chi connectivity index (χ3n) is 2.96. The van der Waals surface area contributed by atoms with Gasteiger partial charge in [-0.3, -0.25) is 19.6 Å². The molecule has 0 radical (unpaired) electrons. The van der Waals surface area contributed by atoms with Gasteiger partial charge < -0.3 is 0 Å². The zero-order valence-corrected chi connectivity index (χ0v) is 11.5. The van der Waals surface area contributed by atoms with Crippen molar-refractivity contribution in [1.29, 1.82) is 0 Å². The number of hydrogen-bond acceptors (Lipinski definition) is 4. The van der Waals surface area contributed by atoms with Crippen molar-refractivity contribution in [3.63, 3.8) is 0 Å². The number of rotatable bonds is 2. The van der Waals surface area contributed by atoms with Crippen LogP contribution in [0, 0.1) is 4.77 Å². The van der Waals surface area contributed by atoms with Crippen LogP contribution >= 0.6 is 12.2 Å². The van der Waals surface area contributed by atoms with Gasteiger partial charge in [-0.2, -0.15) is 5.10 Å². The number of aromatic amines is 1. The van der Waals surface area contributed by atoms with E-state index in [2.05, 4.69) is 34.0 Å². The van der Waals surface area contributed by atoms with E-state index in [1.54, 1.807) is 12.4 Å². The smallest absolute Gasteiger partial charge is 0.195 e. The largest absolute Gasteiger partial charge is 0.298 e. The third-order valence-corrected chi connectivity index (χ3v) is 3.25. The number of nitrogens with zero attached hydrogens (tertiary/aromatic N) is 4. The van der Waals surface area contributed by atoms with Gasteiger partial charge in [0.25, 0.3) is 0 Å². The van der Waals surface area contributed by atoms with E-state index in [1.165, 1.54) is 0 Å². The highest BCUT2D eigenvalue weighted by atomic mass is 32.1. The maximum absolute atomic E-state index is 5.28. The Hall–Kier alpha value is -2.08. The van der Waals surface area contributed by atoms with Crippen molar-refractivity contribution in [2.24, 2.45) is 0 Å². The van der Waals surface area contributed by atoms with Crippen molar-refractivity contribution in [1.82, 2.24) is 24.7 Å². The van der Waals surface area contributed by atoms with Crippen LogP contribution in [0.5, 0.6) is 0 Å². The maximum Gasteiger partial charge on any atom is 0.195 e. The molecule has 3 aromatic rings. The molecule has 19 heavy (non-hydrogen) atoms. The summed E-state index contributed by atoms with van der Waals surface area (Å²) in [5, 5.41) is 7.18. The highest BCUT2D eigenvalue weighted by Crippen LogP contribution is 2.26. The minimum atomic E-state index is 0.230. The van der Waals surface area contributed by atoms with Gasteiger partial charge in [0.05, 0.1) is 11.0 Å². The van der Waals surface area contributed by atoms with Crippen LogP contribution in [0.4, 0.5) is 0 Å². The molecular formula is C13H13N5S. The van der Waals surface area contributed by atoms with Crippen molar-refractivity contribution in [3.05, 3.63) is 35.4 Å². The summed E-state index contributed by atoms with van der Waals surface area (Å²) in [4.78, 5) is 8.72. The molecule has 0 amide bonds. The Morgan fingerprint density at radius 1 is 1.21 bits per heavy atom. The van der Waals surface area contributed by atoms with Crippen LogP contribution in [-0.2, 0) is 0 Å². The predicted octanol–water partition coefficient (Wildman–Crippen LogP) is 3.13. The molecule has 5 nitrogen and oxygen atoms in total. The fraction of sp³-hybridized carbons (Fsp3) is 0.231. The fourth-order valence-electron chi connectivity index (χ4n) is 2.15. The van der Waals surface area contributed by atoms with Crippen molar-refractivity contribution in [3.8, 4) is 11.4 Å². The van der Waals surface area contributed by atoms with Crippen LogP contribution in [0.25, 0.3) is 22.4 Å². The molecule has 1 N–H and O–H groups in total. The van der Waals surface area contributed by atoms with Crippen LogP contribution < -0.4 is 0 Å². The average molecular weight is 271 g/mol. The number of aromatic nitrogens is 5. The highest BCUT2D eigenvalue weighted by Gasteiger charge is 2.14. The van der Waals surface area contributed by atoms with Crippen LogP contribution in [0.3, 0.4) is 0 Å². The van der Waals surface area contributed by atoms with Gasteiger partial charge in [-0.1, -0.05) is 6.07 Å². The fourth-order valence-corrected chi connectivity index (χ4v) is 2.49. The summed E-state index contributed by atoms with van der Waals surface area (Å²) >= 11 is 5.28. The summed E-state index contributed by atoms with van der Waals surface area (Å²) in [5.74, 6) is 0.797. The van der Waals surface area contributed by atoms with Crippen molar-refractivity contribution >= 4 is 23.3 Å². The van der Waals surface area contributed by atoms with Gasteiger partial charge in [0.15, 0.2) is 10.6 Å². The van der Waals surface area contributed by atoms with Gasteiger partial charge in [-0.25, -0.2) is 0 Å². The molecule has 3 rings (SSSR count). The van der Waals surface area contributed by atoms with Crippen LogP contribution in [-0.4, -0.2) is 24.7 Å². The number of hydrogen-bond donors (Lipinski definition) is 1. The van der Waals surface area contributed by atoms with Gasteiger partial charge in [0, 0.05) is 24.0 Å². The van der Waals surface area contributed by atoms with Gasteiger partial charge >= 0.3 is 0 Å². The third kappa shape index (κ3) is 1.94. The van der Waals surface area contributed by atoms with E-state index in [1.807, 2.05) is 22.8 Å². The Kier molecular flexibility index (Phi) is 2.87. The normalized spacial score (nSPS) is 11.3. The second-order valence-corrected chi connectivity index (χ2v) is 4.93. The van der Waals surface area contributed by atoms with Gasteiger partial charge in [-0.15, -0.1) is 0 Å². The number of para-hydroxylation sites is 1. The first-order valence-electron chi connectivity index (χ1n) is 6.05. The van der Waals surface area contributed by atoms with E-state index >= 15 is 0 Å². The number of fused-ring (bicyclic) bond motifs is 1. The van der Waals surface area contributed by atoms with Crippen molar-refractivity contribution < 1.29 is 0 Å². The molecule has 0 aliphatic rings. The Morgan fingerprint density at radius 3 is 2.79 bits per heavy atom. The molecule has 0 spiro atoms. The molecule has 0 saturated carbocycles. The lowest BCUT2D eigenvalue weighted by atomic mass is 10.1. The molecule has 0 fully saturated rings.